The summed E-state index contributed by atoms with van der Waals surface area (Å²) in [5.74, 6) is 0.727. The average molecular weight is 381 g/mol. The minimum Gasteiger partial charge on any atom is -0.483 e. The Hall–Kier alpha value is -1.52. The number of hydrogen-bond acceptors (Lipinski definition) is 2. The maximum Gasteiger partial charge on any atom is 0.255 e. The van der Waals surface area contributed by atoms with E-state index in [1.54, 1.807) is 29.0 Å². The molecule has 2 heterocycles. The highest BCUT2D eigenvalue weighted by Gasteiger charge is 2.35. The van der Waals surface area contributed by atoms with Crippen molar-refractivity contribution in [3.63, 3.8) is 0 Å². The molecule has 1 aliphatic heterocycles. The van der Waals surface area contributed by atoms with Crippen molar-refractivity contribution in [1.82, 2.24) is 4.57 Å². The Morgan fingerprint density at radius 1 is 1.27 bits per heavy atom. The SMILES string of the molecule is CC1(C)Oc2ccc(Cl)cc2C(n2ccccc2=O)=C1CBr. The topological polar surface area (TPSA) is 31.2 Å². The first-order valence-electron chi connectivity index (χ1n) is 6.90. The van der Waals surface area contributed by atoms with Crippen molar-refractivity contribution in [3.8, 4) is 5.75 Å². The maximum absolute atomic E-state index is 12.3. The molecule has 3 rings (SSSR count). The van der Waals surface area contributed by atoms with E-state index in [1.165, 1.54) is 0 Å². The van der Waals surface area contributed by atoms with Gasteiger partial charge >= 0.3 is 0 Å². The minimum atomic E-state index is -0.519. The number of benzene rings is 1. The van der Waals surface area contributed by atoms with E-state index >= 15 is 0 Å². The number of rotatable bonds is 2. The Kier molecular flexibility index (Phi) is 3.91. The van der Waals surface area contributed by atoms with Gasteiger partial charge < -0.3 is 4.74 Å². The molecule has 0 atom stereocenters. The standard InChI is InChI=1S/C17H15BrClNO2/c1-17(2)13(10-18)16(20-8-4-3-5-15(20)21)12-9-11(19)6-7-14(12)22-17/h3-9H,10H2,1-2H3. The van der Waals surface area contributed by atoms with Gasteiger partial charge in [0.25, 0.3) is 5.56 Å². The van der Waals surface area contributed by atoms with Gasteiger partial charge in [-0.05, 0) is 38.1 Å². The lowest BCUT2D eigenvalue weighted by Crippen LogP contribution is -2.38. The van der Waals surface area contributed by atoms with Gasteiger partial charge in [-0.1, -0.05) is 33.6 Å². The normalized spacial score (nSPS) is 16.2. The third kappa shape index (κ3) is 2.50. The highest BCUT2D eigenvalue weighted by Crippen LogP contribution is 2.42. The molecule has 2 aromatic rings. The summed E-state index contributed by atoms with van der Waals surface area (Å²) in [5.41, 5.74) is 2.05. The van der Waals surface area contributed by atoms with Crippen LogP contribution >= 0.6 is 27.5 Å². The number of nitrogens with zero attached hydrogens (tertiary/aromatic N) is 1. The largest absolute Gasteiger partial charge is 0.483 e. The molecule has 0 saturated carbocycles. The zero-order valence-corrected chi connectivity index (χ0v) is 14.6. The van der Waals surface area contributed by atoms with E-state index in [1.807, 2.05) is 32.0 Å². The Balaban J connectivity index is 2.40. The van der Waals surface area contributed by atoms with Gasteiger partial charge in [0.2, 0.25) is 0 Å². The third-order valence-electron chi connectivity index (χ3n) is 3.77. The fraction of sp³-hybridized carbons (Fsp3) is 0.235. The zero-order chi connectivity index (χ0) is 15.9. The predicted molar refractivity (Wildman–Crippen MR) is 93.0 cm³/mol. The summed E-state index contributed by atoms with van der Waals surface area (Å²) in [5, 5.41) is 1.21. The Morgan fingerprint density at radius 2 is 2.05 bits per heavy atom. The van der Waals surface area contributed by atoms with Crippen molar-refractivity contribution in [1.29, 1.82) is 0 Å². The predicted octanol–water partition coefficient (Wildman–Crippen LogP) is 4.33. The lowest BCUT2D eigenvalue weighted by Gasteiger charge is -2.36. The number of hydrogen-bond donors (Lipinski definition) is 0. The molecule has 5 heteroatoms. The van der Waals surface area contributed by atoms with Gasteiger partial charge in [-0.15, -0.1) is 0 Å². The molecule has 0 aliphatic carbocycles. The highest BCUT2D eigenvalue weighted by atomic mass is 79.9. The maximum atomic E-state index is 12.3. The van der Waals surface area contributed by atoms with Crippen LogP contribution in [0.25, 0.3) is 5.70 Å². The van der Waals surface area contributed by atoms with Crippen molar-refractivity contribution in [2.45, 2.75) is 19.4 Å². The quantitative estimate of drug-likeness (QED) is 0.726. The van der Waals surface area contributed by atoms with Gasteiger partial charge in [0.1, 0.15) is 11.4 Å². The van der Waals surface area contributed by atoms with Crippen molar-refractivity contribution >= 4 is 33.2 Å². The fourth-order valence-corrected chi connectivity index (χ4v) is 3.78. The summed E-state index contributed by atoms with van der Waals surface area (Å²) in [6.45, 7) is 3.99. The molecule has 1 aromatic carbocycles. The molecule has 1 aromatic heterocycles. The summed E-state index contributed by atoms with van der Waals surface area (Å²) in [4.78, 5) is 12.3. The lowest BCUT2D eigenvalue weighted by atomic mass is 9.90. The van der Waals surface area contributed by atoms with Crippen LogP contribution in [0, 0.1) is 0 Å². The van der Waals surface area contributed by atoms with Gasteiger partial charge in [-0.3, -0.25) is 9.36 Å². The van der Waals surface area contributed by atoms with E-state index < -0.39 is 5.60 Å². The molecule has 0 radical (unpaired) electrons. The van der Waals surface area contributed by atoms with E-state index in [2.05, 4.69) is 15.9 Å². The van der Waals surface area contributed by atoms with Gasteiger partial charge in [0.05, 0.1) is 5.70 Å². The number of pyridine rings is 1. The first-order chi connectivity index (χ1) is 10.4. The molecule has 0 bridgehead atoms. The second kappa shape index (κ2) is 5.60. The molecular weight excluding hydrogens is 366 g/mol. The minimum absolute atomic E-state index is 0.0837. The van der Waals surface area contributed by atoms with Crippen LogP contribution in [0.5, 0.6) is 5.75 Å². The Labute approximate surface area is 142 Å². The number of ether oxygens (including phenoxy) is 1. The third-order valence-corrected chi connectivity index (χ3v) is 4.57. The summed E-state index contributed by atoms with van der Waals surface area (Å²) in [6, 6.07) is 10.6. The number of fused-ring (bicyclic) bond motifs is 1. The number of aromatic nitrogens is 1. The molecule has 3 nitrogen and oxygen atoms in total. The van der Waals surface area contributed by atoms with Crippen molar-refractivity contribution < 1.29 is 4.74 Å². The molecule has 22 heavy (non-hydrogen) atoms. The monoisotopic (exact) mass is 379 g/mol. The smallest absolute Gasteiger partial charge is 0.255 e. The number of halogens is 2. The molecule has 0 amide bonds. The molecule has 1 aliphatic rings. The fourth-order valence-electron chi connectivity index (χ4n) is 2.67. The molecule has 0 spiro atoms. The summed E-state index contributed by atoms with van der Waals surface area (Å²) < 4.78 is 7.76. The van der Waals surface area contributed by atoms with Gasteiger partial charge in [-0.2, -0.15) is 0 Å². The second-order valence-electron chi connectivity index (χ2n) is 5.62. The van der Waals surface area contributed by atoms with Crippen LogP contribution in [0.15, 0.2) is 53.0 Å². The van der Waals surface area contributed by atoms with Crippen LogP contribution in [0.2, 0.25) is 5.02 Å². The Morgan fingerprint density at radius 3 is 2.73 bits per heavy atom. The molecule has 0 unspecified atom stereocenters. The Bertz CT molecular complexity index is 823. The average Bonchev–Trinajstić information content (AvgIpc) is 2.47. The summed E-state index contributed by atoms with van der Waals surface area (Å²) >= 11 is 9.69. The van der Waals surface area contributed by atoms with E-state index in [4.69, 9.17) is 16.3 Å². The second-order valence-corrected chi connectivity index (χ2v) is 6.62. The van der Waals surface area contributed by atoms with E-state index in [0.29, 0.717) is 10.4 Å². The molecule has 0 fully saturated rings. The van der Waals surface area contributed by atoms with E-state index in [9.17, 15) is 4.79 Å². The molecule has 0 saturated heterocycles. The lowest BCUT2D eigenvalue weighted by molar-refractivity contribution is 0.144. The summed E-state index contributed by atoms with van der Waals surface area (Å²) in [6.07, 6.45) is 1.77. The summed E-state index contributed by atoms with van der Waals surface area (Å²) in [7, 11) is 0. The van der Waals surface area contributed by atoms with Crippen molar-refractivity contribution in [2.24, 2.45) is 0 Å². The number of alkyl halides is 1. The van der Waals surface area contributed by atoms with Crippen LogP contribution < -0.4 is 10.3 Å². The van der Waals surface area contributed by atoms with Gasteiger partial charge in [-0.25, -0.2) is 0 Å². The van der Waals surface area contributed by atoms with Gasteiger partial charge in [0.15, 0.2) is 0 Å². The highest BCUT2D eigenvalue weighted by molar-refractivity contribution is 9.09. The van der Waals surface area contributed by atoms with Crippen LogP contribution in [-0.4, -0.2) is 15.5 Å². The molecule has 0 N–H and O–H groups in total. The first kappa shape index (κ1) is 15.4. The van der Waals surface area contributed by atoms with E-state index in [-0.39, 0.29) is 5.56 Å². The van der Waals surface area contributed by atoms with Crippen molar-refractivity contribution in [2.75, 3.05) is 5.33 Å². The van der Waals surface area contributed by atoms with Crippen LogP contribution in [0.3, 0.4) is 0 Å². The van der Waals surface area contributed by atoms with E-state index in [0.717, 1.165) is 22.6 Å². The molecular formula is C17H15BrClNO2. The first-order valence-corrected chi connectivity index (χ1v) is 8.40. The van der Waals surface area contributed by atoms with Crippen LogP contribution in [-0.2, 0) is 0 Å². The van der Waals surface area contributed by atoms with Gasteiger partial charge in [0, 0.05) is 33.8 Å². The van der Waals surface area contributed by atoms with Crippen LogP contribution in [0.1, 0.15) is 19.4 Å². The van der Waals surface area contributed by atoms with Crippen molar-refractivity contribution in [3.05, 3.63) is 69.1 Å². The zero-order valence-electron chi connectivity index (χ0n) is 12.3. The molecule has 114 valence electrons. The van der Waals surface area contributed by atoms with Crippen LogP contribution in [0.4, 0.5) is 0 Å².